The van der Waals surface area contributed by atoms with E-state index in [0.717, 1.165) is 17.9 Å². The van der Waals surface area contributed by atoms with Gasteiger partial charge in [-0.05, 0) is 31.9 Å². The van der Waals surface area contributed by atoms with E-state index in [9.17, 15) is 4.79 Å². The SMILES string of the molecule is CCSCCC(C)(NC)C(=O)OC. The van der Waals surface area contributed by atoms with E-state index in [0.29, 0.717) is 0 Å². The molecule has 78 valence electrons. The molecule has 0 aromatic carbocycles. The number of carbonyl (C=O) groups excluding carboxylic acids is 1. The van der Waals surface area contributed by atoms with Crippen molar-refractivity contribution in [1.29, 1.82) is 0 Å². The molecule has 0 saturated heterocycles. The van der Waals surface area contributed by atoms with Gasteiger partial charge in [-0.1, -0.05) is 6.92 Å². The largest absolute Gasteiger partial charge is 0.468 e. The fourth-order valence-corrected chi connectivity index (χ4v) is 1.82. The van der Waals surface area contributed by atoms with Crippen LogP contribution in [0.4, 0.5) is 0 Å². The summed E-state index contributed by atoms with van der Waals surface area (Å²) in [6.07, 6.45) is 0.800. The van der Waals surface area contributed by atoms with Crippen LogP contribution in [0.1, 0.15) is 20.3 Å². The van der Waals surface area contributed by atoms with Gasteiger partial charge >= 0.3 is 5.97 Å². The zero-order valence-corrected chi connectivity index (χ0v) is 9.66. The topological polar surface area (TPSA) is 38.3 Å². The molecule has 0 aliphatic rings. The summed E-state index contributed by atoms with van der Waals surface area (Å²) in [7, 11) is 3.21. The summed E-state index contributed by atoms with van der Waals surface area (Å²) in [4.78, 5) is 11.4. The van der Waals surface area contributed by atoms with Crippen molar-refractivity contribution in [3.63, 3.8) is 0 Å². The fourth-order valence-electron chi connectivity index (χ4n) is 0.975. The molecule has 0 aliphatic carbocycles. The molecule has 0 heterocycles. The van der Waals surface area contributed by atoms with Crippen LogP contribution in [0.25, 0.3) is 0 Å². The molecule has 0 bridgehead atoms. The molecule has 1 N–H and O–H groups in total. The van der Waals surface area contributed by atoms with Crippen molar-refractivity contribution in [2.24, 2.45) is 0 Å². The number of hydrogen-bond donors (Lipinski definition) is 1. The first-order chi connectivity index (χ1) is 6.10. The van der Waals surface area contributed by atoms with Crippen molar-refractivity contribution in [3.05, 3.63) is 0 Å². The molecule has 0 spiro atoms. The molecule has 3 nitrogen and oxygen atoms in total. The third-order valence-electron chi connectivity index (χ3n) is 2.14. The summed E-state index contributed by atoms with van der Waals surface area (Å²) in [6.45, 7) is 3.98. The lowest BCUT2D eigenvalue weighted by Gasteiger charge is -2.25. The maximum atomic E-state index is 11.4. The van der Waals surface area contributed by atoms with Crippen LogP contribution in [-0.2, 0) is 9.53 Å². The third-order valence-corrected chi connectivity index (χ3v) is 3.04. The maximum Gasteiger partial charge on any atom is 0.325 e. The normalized spacial score (nSPS) is 15.1. The zero-order chi connectivity index (χ0) is 10.3. The van der Waals surface area contributed by atoms with E-state index < -0.39 is 5.54 Å². The van der Waals surface area contributed by atoms with Gasteiger partial charge in [-0.2, -0.15) is 11.8 Å². The highest BCUT2D eigenvalue weighted by molar-refractivity contribution is 7.99. The van der Waals surface area contributed by atoms with Crippen molar-refractivity contribution >= 4 is 17.7 Å². The number of carbonyl (C=O) groups is 1. The highest BCUT2D eigenvalue weighted by atomic mass is 32.2. The molecule has 0 aromatic rings. The minimum absolute atomic E-state index is 0.188. The van der Waals surface area contributed by atoms with Crippen LogP contribution in [0.3, 0.4) is 0 Å². The summed E-state index contributed by atoms with van der Waals surface area (Å²) < 4.78 is 4.73. The highest BCUT2D eigenvalue weighted by Crippen LogP contribution is 2.15. The Kier molecular flexibility index (Phi) is 6.16. The smallest absolute Gasteiger partial charge is 0.325 e. The van der Waals surface area contributed by atoms with Crippen LogP contribution >= 0.6 is 11.8 Å². The van der Waals surface area contributed by atoms with Gasteiger partial charge in [0, 0.05) is 0 Å². The molecular formula is C9H19NO2S. The van der Waals surface area contributed by atoms with E-state index >= 15 is 0 Å². The lowest BCUT2D eigenvalue weighted by Crippen LogP contribution is -2.48. The number of ether oxygens (including phenoxy) is 1. The van der Waals surface area contributed by atoms with Gasteiger partial charge in [-0.3, -0.25) is 4.79 Å². The van der Waals surface area contributed by atoms with Crippen LogP contribution in [0.2, 0.25) is 0 Å². The second-order valence-corrected chi connectivity index (χ2v) is 4.41. The molecule has 4 heteroatoms. The Morgan fingerprint density at radius 3 is 2.62 bits per heavy atom. The first kappa shape index (κ1) is 12.8. The molecule has 0 aromatic heterocycles. The van der Waals surface area contributed by atoms with Crippen LogP contribution in [0, 0.1) is 0 Å². The van der Waals surface area contributed by atoms with Crippen molar-refractivity contribution in [2.75, 3.05) is 25.7 Å². The highest BCUT2D eigenvalue weighted by Gasteiger charge is 2.31. The molecule has 0 saturated carbocycles. The molecule has 1 unspecified atom stereocenters. The minimum Gasteiger partial charge on any atom is -0.468 e. The molecule has 0 rings (SSSR count). The Bertz CT molecular complexity index is 164. The third kappa shape index (κ3) is 4.00. The predicted molar refractivity (Wildman–Crippen MR) is 57.1 cm³/mol. The molecular weight excluding hydrogens is 186 g/mol. The Morgan fingerprint density at radius 1 is 1.62 bits per heavy atom. The number of methoxy groups -OCH3 is 1. The molecule has 0 aliphatic heterocycles. The summed E-state index contributed by atoms with van der Waals surface area (Å²) in [6, 6.07) is 0. The van der Waals surface area contributed by atoms with E-state index in [1.165, 1.54) is 7.11 Å². The molecule has 13 heavy (non-hydrogen) atoms. The molecule has 1 atom stereocenters. The van der Waals surface area contributed by atoms with Crippen LogP contribution in [0.5, 0.6) is 0 Å². The van der Waals surface area contributed by atoms with Gasteiger partial charge in [0.2, 0.25) is 0 Å². The number of rotatable bonds is 6. The van der Waals surface area contributed by atoms with E-state index in [4.69, 9.17) is 4.74 Å². The van der Waals surface area contributed by atoms with Crippen molar-refractivity contribution in [3.8, 4) is 0 Å². The Hall–Kier alpha value is -0.220. The molecule has 0 radical (unpaired) electrons. The van der Waals surface area contributed by atoms with Crippen LogP contribution < -0.4 is 5.32 Å². The fraction of sp³-hybridized carbons (Fsp3) is 0.889. The number of hydrogen-bond acceptors (Lipinski definition) is 4. The summed E-state index contributed by atoms with van der Waals surface area (Å²) in [5.74, 6) is 1.87. The Morgan fingerprint density at radius 2 is 2.23 bits per heavy atom. The van der Waals surface area contributed by atoms with Gasteiger partial charge < -0.3 is 10.1 Å². The standard InChI is InChI=1S/C9H19NO2S/c1-5-13-7-6-9(2,10-3)8(11)12-4/h10H,5-7H2,1-4H3. The van der Waals surface area contributed by atoms with Crippen molar-refractivity contribution in [2.45, 2.75) is 25.8 Å². The first-order valence-corrected chi connectivity index (χ1v) is 5.61. The first-order valence-electron chi connectivity index (χ1n) is 4.45. The average Bonchev–Trinajstić information content (AvgIpc) is 2.16. The summed E-state index contributed by atoms with van der Waals surface area (Å²) in [5, 5.41) is 3.00. The number of nitrogens with one attached hydrogen (secondary N) is 1. The lowest BCUT2D eigenvalue weighted by molar-refractivity contribution is -0.147. The van der Waals surface area contributed by atoms with Gasteiger partial charge in [-0.25, -0.2) is 0 Å². The Balaban J connectivity index is 4.03. The quantitative estimate of drug-likeness (QED) is 0.524. The van der Waals surface area contributed by atoms with Crippen LogP contribution in [0.15, 0.2) is 0 Å². The van der Waals surface area contributed by atoms with Crippen LogP contribution in [-0.4, -0.2) is 37.2 Å². The average molecular weight is 205 g/mol. The van der Waals surface area contributed by atoms with Gasteiger partial charge in [0.15, 0.2) is 0 Å². The van der Waals surface area contributed by atoms with Gasteiger partial charge in [0.25, 0.3) is 0 Å². The van der Waals surface area contributed by atoms with E-state index in [1.807, 2.05) is 18.7 Å². The summed E-state index contributed by atoms with van der Waals surface area (Å²) in [5.41, 5.74) is -0.531. The second-order valence-electron chi connectivity index (χ2n) is 3.02. The minimum atomic E-state index is -0.531. The molecule has 0 fully saturated rings. The number of esters is 1. The maximum absolute atomic E-state index is 11.4. The lowest BCUT2D eigenvalue weighted by atomic mass is 10.00. The number of likely N-dealkylation sites (N-methyl/N-ethyl adjacent to an activating group) is 1. The van der Waals surface area contributed by atoms with E-state index in [1.54, 1.807) is 7.05 Å². The number of thioether (sulfide) groups is 1. The van der Waals surface area contributed by atoms with Crippen molar-refractivity contribution in [1.82, 2.24) is 5.32 Å². The second kappa shape index (κ2) is 6.27. The van der Waals surface area contributed by atoms with Gasteiger partial charge in [-0.15, -0.1) is 0 Å². The zero-order valence-electron chi connectivity index (χ0n) is 8.85. The van der Waals surface area contributed by atoms with Crippen molar-refractivity contribution < 1.29 is 9.53 Å². The Labute approximate surface area is 84.6 Å². The monoisotopic (exact) mass is 205 g/mol. The predicted octanol–water partition coefficient (Wildman–Crippen LogP) is 1.28. The van der Waals surface area contributed by atoms with E-state index in [2.05, 4.69) is 12.2 Å². The van der Waals surface area contributed by atoms with Gasteiger partial charge in [0.1, 0.15) is 5.54 Å². The van der Waals surface area contributed by atoms with Gasteiger partial charge in [0.05, 0.1) is 7.11 Å². The molecule has 0 amide bonds. The van der Waals surface area contributed by atoms with E-state index in [-0.39, 0.29) is 5.97 Å². The summed E-state index contributed by atoms with van der Waals surface area (Å²) >= 11 is 1.83.